The monoisotopic (exact) mass is 329 g/mol. The second kappa shape index (κ2) is 5.31. The molecule has 6 heteroatoms. The molecule has 1 saturated carbocycles. The summed E-state index contributed by atoms with van der Waals surface area (Å²) in [6, 6.07) is 1.49. The lowest BCUT2D eigenvalue weighted by atomic mass is 9.71. The number of benzene rings is 1. The largest absolute Gasteiger partial charge is 0.493 e. The third-order valence-electron chi connectivity index (χ3n) is 3.47. The summed E-state index contributed by atoms with van der Waals surface area (Å²) in [5.74, 6) is 0.205. The number of aliphatic imine (C=N–C) groups is 1. The first-order valence-corrected chi connectivity index (χ1v) is 6.58. The van der Waals surface area contributed by atoms with E-state index in [2.05, 4.69) is 20.9 Å². The maximum Gasteiger partial charge on any atom is 0.235 e. The van der Waals surface area contributed by atoms with Gasteiger partial charge in [0.05, 0.1) is 24.3 Å². The van der Waals surface area contributed by atoms with E-state index in [0.717, 1.165) is 6.42 Å². The molecule has 0 aliphatic heterocycles. The number of ether oxygens (including phenoxy) is 2. The Morgan fingerprint density at radius 1 is 1.42 bits per heavy atom. The number of isocyanates is 1. The van der Waals surface area contributed by atoms with Crippen molar-refractivity contribution >= 4 is 22.0 Å². The zero-order chi connectivity index (χ0) is 14.0. The lowest BCUT2D eigenvalue weighted by molar-refractivity contribution is 0.233. The molecule has 1 fully saturated rings. The van der Waals surface area contributed by atoms with E-state index in [1.165, 1.54) is 20.3 Å². The molecule has 0 N–H and O–H groups in total. The van der Waals surface area contributed by atoms with Gasteiger partial charge in [-0.15, -0.1) is 0 Å². The Balaban J connectivity index is 2.73. The molecule has 1 aliphatic rings. The minimum Gasteiger partial charge on any atom is -0.493 e. The van der Waals surface area contributed by atoms with Gasteiger partial charge in [-0.25, -0.2) is 9.18 Å². The van der Waals surface area contributed by atoms with Gasteiger partial charge in [0.2, 0.25) is 6.08 Å². The number of rotatable bonds is 4. The first-order valence-electron chi connectivity index (χ1n) is 5.79. The number of nitrogens with zero attached hydrogens (tertiary/aromatic N) is 1. The molecule has 1 aromatic carbocycles. The summed E-state index contributed by atoms with van der Waals surface area (Å²) in [5, 5.41) is 0. The van der Waals surface area contributed by atoms with Gasteiger partial charge in [-0.05, 0) is 35.2 Å². The van der Waals surface area contributed by atoms with Crippen LogP contribution >= 0.6 is 15.9 Å². The van der Waals surface area contributed by atoms with Crippen molar-refractivity contribution in [1.82, 2.24) is 0 Å². The maximum absolute atomic E-state index is 14.4. The average molecular weight is 330 g/mol. The van der Waals surface area contributed by atoms with Crippen LogP contribution in [0.5, 0.6) is 11.5 Å². The van der Waals surface area contributed by atoms with E-state index in [1.807, 2.05) is 0 Å². The van der Waals surface area contributed by atoms with Crippen LogP contribution in [-0.4, -0.2) is 20.3 Å². The summed E-state index contributed by atoms with van der Waals surface area (Å²) in [7, 11) is 2.91. The van der Waals surface area contributed by atoms with Crippen LogP contribution in [0.15, 0.2) is 15.5 Å². The van der Waals surface area contributed by atoms with Crippen molar-refractivity contribution in [1.29, 1.82) is 0 Å². The third kappa shape index (κ3) is 2.15. The average Bonchev–Trinajstić information content (AvgIpc) is 2.37. The smallest absolute Gasteiger partial charge is 0.235 e. The number of hydrogen-bond donors (Lipinski definition) is 0. The van der Waals surface area contributed by atoms with Gasteiger partial charge in [0.25, 0.3) is 0 Å². The highest BCUT2D eigenvalue weighted by Gasteiger charge is 2.44. The standard InChI is InChI=1S/C13H13BrFNO3/c1-18-9-6-8(14)11(15)10(12(9)19-2)13(16-7-17)4-3-5-13/h6H,3-5H2,1-2H3. The van der Waals surface area contributed by atoms with Crippen LogP contribution in [0.3, 0.4) is 0 Å². The second-order valence-corrected chi connectivity index (χ2v) is 5.23. The van der Waals surface area contributed by atoms with Crippen molar-refractivity contribution in [3.8, 4) is 11.5 Å². The lowest BCUT2D eigenvalue weighted by Gasteiger charge is -2.38. The van der Waals surface area contributed by atoms with Gasteiger partial charge in [0, 0.05) is 6.07 Å². The number of halogens is 2. The second-order valence-electron chi connectivity index (χ2n) is 4.37. The quantitative estimate of drug-likeness (QED) is 0.628. The van der Waals surface area contributed by atoms with Gasteiger partial charge in [-0.2, -0.15) is 4.99 Å². The Bertz CT molecular complexity index is 551. The Labute approximate surface area is 118 Å². The first-order chi connectivity index (χ1) is 9.09. The van der Waals surface area contributed by atoms with Crippen molar-refractivity contribution in [2.45, 2.75) is 24.8 Å². The summed E-state index contributed by atoms with van der Waals surface area (Å²) in [4.78, 5) is 14.5. The van der Waals surface area contributed by atoms with E-state index in [0.29, 0.717) is 18.6 Å². The van der Waals surface area contributed by atoms with Crippen molar-refractivity contribution in [3.63, 3.8) is 0 Å². The molecule has 1 aromatic rings. The van der Waals surface area contributed by atoms with Gasteiger partial charge in [0.1, 0.15) is 11.4 Å². The number of carbonyl (C=O) groups excluding carboxylic acids is 1. The van der Waals surface area contributed by atoms with Gasteiger partial charge < -0.3 is 9.47 Å². The van der Waals surface area contributed by atoms with Crippen LogP contribution < -0.4 is 9.47 Å². The van der Waals surface area contributed by atoms with E-state index in [-0.39, 0.29) is 15.8 Å². The van der Waals surface area contributed by atoms with Gasteiger partial charge in [-0.3, -0.25) is 0 Å². The highest BCUT2D eigenvalue weighted by Crippen LogP contribution is 2.52. The molecule has 0 atom stereocenters. The Kier molecular flexibility index (Phi) is 3.92. The van der Waals surface area contributed by atoms with Gasteiger partial charge in [0.15, 0.2) is 11.5 Å². The van der Waals surface area contributed by atoms with E-state index < -0.39 is 11.4 Å². The van der Waals surface area contributed by atoms with Crippen LogP contribution in [-0.2, 0) is 10.3 Å². The van der Waals surface area contributed by atoms with E-state index in [1.54, 1.807) is 6.08 Å². The minimum atomic E-state index is -0.881. The molecule has 4 nitrogen and oxygen atoms in total. The van der Waals surface area contributed by atoms with Crippen molar-refractivity contribution in [3.05, 3.63) is 21.9 Å². The zero-order valence-electron chi connectivity index (χ0n) is 10.6. The highest BCUT2D eigenvalue weighted by atomic mass is 79.9. The lowest BCUT2D eigenvalue weighted by Crippen LogP contribution is -2.33. The Morgan fingerprint density at radius 3 is 2.53 bits per heavy atom. The summed E-state index contributed by atoms with van der Waals surface area (Å²) >= 11 is 3.15. The molecule has 102 valence electrons. The van der Waals surface area contributed by atoms with Crippen LogP contribution in [0.25, 0.3) is 0 Å². The van der Waals surface area contributed by atoms with Crippen molar-refractivity contribution in [2.75, 3.05) is 14.2 Å². The SMILES string of the molecule is COc1cc(Br)c(F)c(C2(N=C=O)CCC2)c1OC. The molecule has 0 radical (unpaired) electrons. The number of hydrogen-bond acceptors (Lipinski definition) is 4. The zero-order valence-corrected chi connectivity index (χ0v) is 12.2. The number of methoxy groups -OCH3 is 2. The van der Waals surface area contributed by atoms with Crippen LogP contribution in [0.1, 0.15) is 24.8 Å². The summed E-state index contributed by atoms with van der Waals surface area (Å²) in [6.07, 6.45) is 3.60. The predicted molar refractivity (Wildman–Crippen MR) is 70.9 cm³/mol. The summed E-state index contributed by atoms with van der Waals surface area (Å²) < 4.78 is 25.1. The normalized spacial score (nSPS) is 16.2. The van der Waals surface area contributed by atoms with Crippen LogP contribution in [0.2, 0.25) is 0 Å². The molecule has 1 aliphatic carbocycles. The van der Waals surface area contributed by atoms with E-state index >= 15 is 0 Å². The predicted octanol–water partition coefficient (Wildman–Crippen LogP) is 3.32. The fraction of sp³-hybridized carbons (Fsp3) is 0.462. The van der Waals surface area contributed by atoms with Crippen molar-refractivity contribution < 1.29 is 18.7 Å². The van der Waals surface area contributed by atoms with Gasteiger partial charge in [-0.1, -0.05) is 0 Å². The van der Waals surface area contributed by atoms with Gasteiger partial charge >= 0.3 is 0 Å². The summed E-state index contributed by atoms with van der Waals surface area (Å²) in [5.41, 5.74) is -0.621. The summed E-state index contributed by atoms with van der Waals surface area (Å²) in [6.45, 7) is 0. The van der Waals surface area contributed by atoms with Crippen LogP contribution in [0, 0.1) is 5.82 Å². The molecule has 0 spiro atoms. The molecule has 0 heterocycles. The maximum atomic E-state index is 14.4. The molecule has 19 heavy (non-hydrogen) atoms. The topological polar surface area (TPSA) is 47.9 Å². The van der Waals surface area contributed by atoms with Crippen molar-refractivity contribution in [2.24, 2.45) is 4.99 Å². The Hall–Kier alpha value is -1.39. The third-order valence-corrected chi connectivity index (χ3v) is 4.04. The van der Waals surface area contributed by atoms with Crippen LogP contribution in [0.4, 0.5) is 4.39 Å². The molecular formula is C13H13BrFNO3. The fourth-order valence-corrected chi connectivity index (χ4v) is 2.78. The molecule has 2 rings (SSSR count). The molecular weight excluding hydrogens is 317 g/mol. The molecule has 0 aromatic heterocycles. The molecule has 0 amide bonds. The molecule has 0 unspecified atom stereocenters. The highest BCUT2D eigenvalue weighted by molar-refractivity contribution is 9.10. The minimum absolute atomic E-state index is 0.257. The van der Waals surface area contributed by atoms with E-state index in [4.69, 9.17) is 9.47 Å². The molecule has 0 bridgehead atoms. The molecule has 0 saturated heterocycles. The fourth-order valence-electron chi connectivity index (χ4n) is 2.37. The first kappa shape index (κ1) is 14.0. The Morgan fingerprint density at radius 2 is 2.11 bits per heavy atom. The van der Waals surface area contributed by atoms with E-state index in [9.17, 15) is 9.18 Å².